The average molecular weight is 263 g/mol. The Morgan fingerprint density at radius 2 is 2.06 bits per heavy atom. The lowest BCUT2D eigenvalue weighted by atomic mass is 10.2. The van der Waals surface area contributed by atoms with Crippen molar-refractivity contribution in [1.29, 1.82) is 0 Å². The Bertz CT molecular complexity index is 352. The van der Waals surface area contributed by atoms with Crippen molar-refractivity contribution in [1.82, 2.24) is 4.90 Å². The van der Waals surface area contributed by atoms with Crippen LogP contribution in [-0.2, 0) is 19.4 Å². The first kappa shape index (κ1) is 14.4. The zero-order valence-electron chi connectivity index (χ0n) is 10.5. The summed E-state index contributed by atoms with van der Waals surface area (Å²) in [6, 6.07) is 0.0438. The van der Waals surface area contributed by atoms with Gasteiger partial charge < -0.3 is 4.74 Å². The van der Waals surface area contributed by atoms with Gasteiger partial charge in [0.2, 0.25) is 0 Å². The summed E-state index contributed by atoms with van der Waals surface area (Å²) in [4.78, 5) is 13.4. The van der Waals surface area contributed by atoms with E-state index < -0.39 is 9.84 Å². The number of carbonyl (C=O) groups is 1. The fraction of sp³-hybridized carbons (Fsp3) is 0.909. The molecule has 1 unspecified atom stereocenters. The first-order valence-electron chi connectivity index (χ1n) is 6.04. The van der Waals surface area contributed by atoms with Crippen LogP contribution in [0.15, 0.2) is 0 Å². The van der Waals surface area contributed by atoms with Crippen LogP contribution in [0.4, 0.5) is 0 Å². The van der Waals surface area contributed by atoms with Crippen LogP contribution in [0.5, 0.6) is 0 Å². The molecule has 6 heteroatoms. The normalized spacial score (nSPS) is 22.7. The molecule has 0 bridgehead atoms. The second kappa shape index (κ2) is 6.35. The Labute approximate surface area is 103 Å². The first-order chi connectivity index (χ1) is 7.94. The summed E-state index contributed by atoms with van der Waals surface area (Å²) < 4.78 is 27.8. The van der Waals surface area contributed by atoms with E-state index in [9.17, 15) is 13.2 Å². The van der Waals surface area contributed by atoms with Gasteiger partial charge in [-0.15, -0.1) is 0 Å². The molecule has 0 N–H and O–H groups in total. The van der Waals surface area contributed by atoms with Gasteiger partial charge in [0.05, 0.1) is 24.5 Å². The lowest BCUT2D eigenvalue weighted by Gasteiger charge is -2.26. The monoisotopic (exact) mass is 263 g/mol. The average Bonchev–Trinajstić information content (AvgIpc) is 2.39. The quantitative estimate of drug-likeness (QED) is 0.689. The van der Waals surface area contributed by atoms with Crippen molar-refractivity contribution in [3.63, 3.8) is 0 Å². The van der Waals surface area contributed by atoms with E-state index in [1.54, 1.807) is 6.92 Å². The van der Waals surface area contributed by atoms with Crippen molar-refractivity contribution in [2.24, 2.45) is 0 Å². The largest absolute Gasteiger partial charge is 0.466 e. The van der Waals surface area contributed by atoms with Gasteiger partial charge >= 0.3 is 5.97 Å². The van der Waals surface area contributed by atoms with Gasteiger partial charge in [-0.1, -0.05) is 0 Å². The molecular weight excluding hydrogens is 242 g/mol. The van der Waals surface area contributed by atoms with Crippen LogP contribution in [0, 0.1) is 0 Å². The molecule has 0 spiro atoms. The highest BCUT2D eigenvalue weighted by Gasteiger charge is 2.23. The third-order valence-electron chi connectivity index (χ3n) is 2.98. The number of nitrogens with zero attached hydrogens (tertiary/aromatic N) is 1. The van der Waals surface area contributed by atoms with Gasteiger partial charge in [0.1, 0.15) is 0 Å². The molecule has 0 aromatic heterocycles. The number of rotatable bonds is 4. The molecule has 1 aliphatic heterocycles. The molecule has 0 aromatic carbocycles. The molecule has 0 saturated carbocycles. The minimum Gasteiger partial charge on any atom is -0.466 e. The summed E-state index contributed by atoms with van der Waals surface area (Å²) in [6.45, 7) is 5.36. The summed E-state index contributed by atoms with van der Waals surface area (Å²) in [5.41, 5.74) is 0. The Hall–Kier alpha value is -0.620. The molecule has 0 amide bonds. The minimum absolute atomic E-state index is 0.0438. The van der Waals surface area contributed by atoms with Crippen molar-refractivity contribution in [3.8, 4) is 0 Å². The SMILES string of the molecule is CCOC(=O)CC(C)N1CCCS(=O)(=O)CC1. The molecule has 0 aliphatic carbocycles. The molecule has 1 rings (SSSR count). The standard InChI is InChI=1S/C11H21NO4S/c1-3-16-11(13)9-10(2)12-5-4-7-17(14,15)8-6-12/h10H,3-9H2,1-2H3. The molecule has 1 fully saturated rings. The maximum absolute atomic E-state index is 11.4. The van der Waals surface area contributed by atoms with Crippen LogP contribution >= 0.6 is 0 Å². The van der Waals surface area contributed by atoms with Crippen LogP contribution in [0.1, 0.15) is 26.7 Å². The molecular formula is C11H21NO4S. The van der Waals surface area contributed by atoms with Crippen molar-refractivity contribution in [3.05, 3.63) is 0 Å². The van der Waals surface area contributed by atoms with Crippen molar-refractivity contribution >= 4 is 15.8 Å². The highest BCUT2D eigenvalue weighted by molar-refractivity contribution is 7.91. The van der Waals surface area contributed by atoms with Crippen LogP contribution in [0.25, 0.3) is 0 Å². The Morgan fingerprint density at radius 3 is 2.71 bits per heavy atom. The zero-order chi connectivity index (χ0) is 12.9. The smallest absolute Gasteiger partial charge is 0.307 e. The fourth-order valence-electron chi connectivity index (χ4n) is 1.99. The Balaban J connectivity index is 2.47. The third-order valence-corrected chi connectivity index (χ3v) is 4.70. The van der Waals surface area contributed by atoms with Crippen molar-refractivity contribution in [2.45, 2.75) is 32.7 Å². The molecule has 100 valence electrons. The predicted octanol–water partition coefficient (Wildman–Crippen LogP) is 0.449. The highest BCUT2D eigenvalue weighted by Crippen LogP contribution is 2.11. The van der Waals surface area contributed by atoms with E-state index in [0.29, 0.717) is 26.0 Å². The summed E-state index contributed by atoms with van der Waals surface area (Å²) >= 11 is 0. The van der Waals surface area contributed by atoms with Gasteiger partial charge in [0.25, 0.3) is 0 Å². The van der Waals surface area contributed by atoms with Gasteiger partial charge in [0.15, 0.2) is 9.84 Å². The van der Waals surface area contributed by atoms with Crippen LogP contribution in [0.2, 0.25) is 0 Å². The molecule has 5 nitrogen and oxygen atoms in total. The van der Waals surface area contributed by atoms with E-state index in [2.05, 4.69) is 4.90 Å². The first-order valence-corrected chi connectivity index (χ1v) is 7.87. The van der Waals surface area contributed by atoms with Gasteiger partial charge in [-0.05, 0) is 26.8 Å². The second-order valence-corrected chi connectivity index (χ2v) is 6.70. The highest BCUT2D eigenvalue weighted by atomic mass is 32.2. The molecule has 17 heavy (non-hydrogen) atoms. The number of hydrogen-bond donors (Lipinski definition) is 0. The summed E-state index contributed by atoms with van der Waals surface area (Å²) in [7, 11) is -2.88. The number of esters is 1. The zero-order valence-corrected chi connectivity index (χ0v) is 11.3. The lowest BCUT2D eigenvalue weighted by molar-refractivity contribution is -0.144. The number of ether oxygens (including phenoxy) is 1. The van der Waals surface area contributed by atoms with Gasteiger partial charge in [-0.3, -0.25) is 9.69 Å². The van der Waals surface area contributed by atoms with E-state index in [-0.39, 0.29) is 23.5 Å². The third kappa shape index (κ3) is 5.04. The summed E-state index contributed by atoms with van der Waals surface area (Å²) in [6.07, 6.45) is 0.976. The van der Waals surface area contributed by atoms with Crippen molar-refractivity contribution in [2.75, 3.05) is 31.2 Å². The molecule has 1 aliphatic rings. The number of sulfone groups is 1. The van der Waals surface area contributed by atoms with E-state index in [4.69, 9.17) is 4.74 Å². The molecule has 1 saturated heterocycles. The number of hydrogen-bond acceptors (Lipinski definition) is 5. The molecule has 1 atom stereocenters. The van der Waals surface area contributed by atoms with Crippen LogP contribution in [-0.4, -0.2) is 56.5 Å². The van der Waals surface area contributed by atoms with Gasteiger partial charge in [-0.25, -0.2) is 8.42 Å². The maximum atomic E-state index is 11.4. The molecule has 1 heterocycles. The summed E-state index contributed by atoms with van der Waals surface area (Å²) in [5, 5.41) is 0. The van der Waals surface area contributed by atoms with Crippen LogP contribution in [0.3, 0.4) is 0 Å². The Morgan fingerprint density at radius 1 is 1.35 bits per heavy atom. The second-order valence-electron chi connectivity index (χ2n) is 4.40. The van der Waals surface area contributed by atoms with Gasteiger partial charge in [0, 0.05) is 12.6 Å². The molecule has 0 radical (unpaired) electrons. The number of carbonyl (C=O) groups excluding carboxylic acids is 1. The minimum atomic E-state index is -2.88. The van der Waals surface area contributed by atoms with E-state index in [1.807, 2.05) is 6.92 Å². The predicted molar refractivity (Wildman–Crippen MR) is 65.6 cm³/mol. The summed E-state index contributed by atoms with van der Waals surface area (Å²) in [5.74, 6) is 0.239. The Kier molecular flexibility index (Phi) is 5.39. The van der Waals surface area contributed by atoms with Crippen molar-refractivity contribution < 1.29 is 17.9 Å². The van der Waals surface area contributed by atoms with E-state index in [1.165, 1.54) is 0 Å². The van der Waals surface area contributed by atoms with E-state index in [0.717, 1.165) is 6.54 Å². The lowest BCUT2D eigenvalue weighted by Crippen LogP contribution is -2.37. The maximum Gasteiger partial charge on any atom is 0.307 e. The topological polar surface area (TPSA) is 63.7 Å². The fourth-order valence-corrected chi connectivity index (χ4v) is 3.27. The van der Waals surface area contributed by atoms with E-state index >= 15 is 0 Å². The molecule has 0 aromatic rings. The van der Waals surface area contributed by atoms with Gasteiger partial charge in [-0.2, -0.15) is 0 Å². The van der Waals surface area contributed by atoms with Crippen LogP contribution < -0.4 is 0 Å².